The van der Waals surface area contributed by atoms with E-state index < -0.39 is 22.1 Å². The van der Waals surface area contributed by atoms with Crippen molar-refractivity contribution in [2.45, 2.75) is 53.8 Å². The minimum absolute atomic E-state index is 0.0249. The number of non-ortho nitro benzene ring substituents is 2. The van der Waals surface area contributed by atoms with Crippen molar-refractivity contribution in [3.8, 4) is 0 Å². The number of nitrogens with zero attached hydrogens (tertiary/aromatic N) is 2. The summed E-state index contributed by atoms with van der Waals surface area (Å²) in [5.74, 6) is -0.224. The van der Waals surface area contributed by atoms with Crippen LogP contribution in [-0.4, -0.2) is 20.1 Å². The van der Waals surface area contributed by atoms with Crippen molar-refractivity contribution in [1.82, 2.24) is 0 Å². The molecule has 0 saturated carbocycles. The molecule has 8 heteroatoms. The van der Waals surface area contributed by atoms with Gasteiger partial charge in [-0.3, -0.25) is 20.2 Å². The first-order valence-corrected chi connectivity index (χ1v) is 11.6. The molecule has 0 saturated heterocycles. The van der Waals surface area contributed by atoms with Crippen LogP contribution in [0.25, 0.3) is 0 Å². The zero-order valence-electron chi connectivity index (χ0n) is 21.9. The summed E-state index contributed by atoms with van der Waals surface area (Å²) in [6.45, 7) is 19.6. The van der Waals surface area contributed by atoms with Crippen molar-refractivity contribution >= 4 is 11.4 Å². The summed E-state index contributed by atoms with van der Waals surface area (Å²) in [4.78, 5) is 20.2. The van der Waals surface area contributed by atoms with Crippen LogP contribution in [0.5, 0.6) is 0 Å². The standard InChI is InChI=1S/2C14H19NO3/c2*1-5-12(14(2,3)4)13(16)10-6-8-11(9-7-10)15(17)18/h2*5-9,12-13,16H,1H2,2-4H3/t2*12-,13+/m00/s1. The van der Waals surface area contributed by atoms with E-state index in [1.807, 2.05) is 41.5 Å². The van der Waals surface area contributed by atoms with E-state index in [4.69, 9.17) is 0 Å². The lowest BCUT2D eigenvalue weighted by molar-refractivity contribution is -0.385. The molecule has 4 atom stereocenters. The zero-order chi connectivity index (χ0) is 27.8. The van der Waals surface area contributed by atoms with Crippen molar-refractivity contribution in [3.05, 3.63) is 105 Å². The van der Waals surface area contributed by atoms with Gasteiger partial charge in [0.2, 0.25) is 0 Å². The fourth-order valence-corrected chi connectivity index (χ4v) is 3.91. The zero-order valence-corrected chi connectivity index (χ0v) is 21.9. The van der Waals surface area contributed by atoms with Gasteiger partial charge in [-0.25, -0.2) is 0 Å². The van der Waals surface area contributed by atoms with Crippen LogP contribution in [0.15, 0.2) is 73.8 Å². The average Bonchev–Trinajstić information content (AvgIpc) is 2.78. The van der Waals surface area contributed by atoms with E-state index >= 15 is 0 Å². The van der Waals surface area contributed by atoms with Crippen LogP contribution >= 0.6 is 0 Å². The van der Waals surface area contributed by atoms with Gasteiger partial charge in [-0.1, -0.05) is 53.7 Å². The third-order valence-electron chi connectivity index (χ3n) is 6.08. The maximum Gasteiger partial charge on any atom is 0.269 e. The number of benzene rings is 2. The van der Waals surface area contributed by atoms with Crippen LogP contribution < -0.4 is 0 Å². The van der Waals surface area contributed by atoms with Crippen molar-refractivity contribution in [3.63, 3.8) is 0 Å². The van der Waals surface area contributed by atoms with E-state index in [0.717, 1.165) is 0 Å². The first-order chi connectivity index (χ1) is 16.5. The predicted molar refractivity (Wildman–Crippen MR) is 142 cm³/mol. The highest BCUT2D eigenvalue weighted by atomic mass is 16.6. The van der Waals surface area contributed by atoms with E-state index in [1.54, 1.807) is 36.4 Å². The molecule has 0 heterocycles. The topological polar surface area (TPSA) is 127 Å². The molecule has 0 aliphatic rings. The summed E-state index contributed by atoms with van der Waals surface area (Å²) in [7, 11) is 0. The quantitative estimate of drug-likeness (QED) is 0.230. The van der Waals surface area contributed by atoms with E-state index in [2.05, 4.69) is 13.2 Å². The Morgan fingerprint density at radius 3 is 1.08 bits per heavy atom. The summed E-state index contributed by atoms with van der Waals surface area (Å²) in [6.07, 6.45) is 2.05. The van der Waals surface area contributed by atoms with Gasteiger partial charge in [0.15, 0.2) is 0 Å². The average molecular weight is 499 g/mol. The molecule has 36 heavy (non-hydrogen) atoms. The first-order valence-electron chi connectivity index (χ1n) is 11.6. The SMILES string of the molecule is C=C[C@@H]([C@H](O)c1ccc([N+](=O)[O-])cc1)C(C)(C)C.C=C[C@@H]([C@H](O)c1ccc([N+](=O)[O-])cc1)C(C)(C)C. The molecule has 2 aromatic rings. The van der Waals surface area contributed by atoms with Gasteiger partial charge in [0.25, 0.3) is 11.4 Å². The third kappa shape index (κ3) is 8.39. The van der Waals surface area contributed by atoms with Gasteiger partial charge < -0.3 is 10.2 Å². The Hall–Kier alpha value is -3.36. The third-order valence-corrected chi connectivity index (χ3v) is 6.08. The number of aliphatic hydroxyl groups excluding tert-OH is 2. The lowest BCUT2D eigenvalue weighted by atomic mass is 9.75. The molecule has 8 nitrogen and oxygen atoms in total. The maximum absolute atomic E-state index is 10.6. The molecule has 2 N–H and O–H groups in total. The van der Waals surface area contributed by atoms with E-state index in [9.17, 15) is 30.4 Å². The lowest BCUT2D eigenvalue weighted by Gasteiger charge is -2.32. The number of nitro groups is 2. The monoisotopic (exact) mass is 498 g/mol. The minimum Gasteiger partial charge on any atom is -0.388 e. The smallest absolute Gasteiger partial charge is 0.269 e. The molecule has 196 valence electrons. The Morgan fingerprint density at radius 1 is 0.667 bits per heavy atom. The van der Waals surface area contributed by atoms with Crippen molar-refractivity contribution in [1.29, 1.82) is 0 Å². The molecule has 0 spiro atoms. The highest BCUT2D eigenvalue weighted by molar-refractivity contribution is 5.35. The second-order valence-electron chi connectivity index (χ2n) is 10.8. The summed E-state index contributed by atoms with van der Waals surface area (Å²) in [6, 6.07) is 12.0. The van der Waals surface area contributed by atoms with Crippen molar-refractivity contribution in [2.75, 3.05) is 0 Å². The maximum atomic E-state index is 10.6. The number of rotatable bonds is 8. The van der Waals surface area contributed by atoms with Crippen LogP contribution in [0.2, 0.25) is 0 Å². The molecule has 0 amide bonds. The van der Waals surface area contributed by atoms with E-state index in [1.165, 1.54) is 24.3 Å². The number of aliphatic hydroxyl groups is 2. The summed E-state index contributed by atoms with van der Waals surface area (Å²) >= 11 is 0. The summed E-state index contributed by atoms with van der Waals surface area (Å²) in [5, 5.41) is 41.7. The second-order valence-corrected chi connectivity index (χ2v) is 10.8. The highest BCUT2D eigenvalue weighted by Gasteiger charge is 2.30. The molecule has 0 fully saturated rings. The number of hydrogen-bond donors (Lipinski definition) is 2. The Kier molecular flexibility index (Phi) is 10.7. The minimum atomic E-state index is -0.705. The molecule has 2 rings (SSSR count). The highest BCUT2D eigenvalue weighted by Crippen LogP contribution is 2.38. The van der Waals surface area contributed by atoms with Gasteiger partial charge in [-0.2, -0.15) is 0 Å². The first kappa shape index (κ1) is 30.7. The van der Waals surface area contributed by atoms with Gasteiger partial charge in [0.1, 0.15) is 0 Å². The largest absolute Gasteiger partial charge is 0.388 e. The molecule has 0 radical (unpaired) electrons. The lowest BCUT2D eigenvalue weighted by Crippen LogP contribution is -2.25. The van der Waals surface area contributed by atoms with Crippen LogP contribution in [0.3, 0.4) is 0 Å². The molecule has 0 bridgehead atoms. The van der Waals surface area contributed by atoms with Crippen LogP contribution in [0, 0.1) is 42.9 Å². The second kappa shape index (κ2) is 12.6. The molecule has 2 aromatic carbocycles. The predicted octanol–water partition coefficient (Wildman–Crippen LogP) is 6.95. The molecular formula is C28H38N2O6. The van der Waals surface area contributed by atoms with E-state index in [-0.39, 0.29) is 34.0 Å². The summed E-state index contributed by atoms with van der Waals surface area (Å²) in [5.41, 5.74) is 1.14. The fourth-order valence-electron chi connectivity index (χ4n) is 3.91. The van der Waals surface area contributed by atoms with Crippen molar-refractivity contribution in [2.24, 2.45) is 22.7 Å². The number of hydrogen-bond acceptors (Lipinski definition) is 6. The number of nitro benzene ring substituents is 2. The summed E-state index contributed by atoms with van der Waals surface area (Å²) < 4.78 is 0. The van der Waals surface area contributed by atoms with Gasteiger partial charge in [0, 0.05) is 36.1 Å². The van der Waals surface area contributed by atoms with E-state index in [0.29, 0.717) is 11.1 Å². The van der Waals surface area contributed by atoms with Gasteiger partial charge >= 0.3 is 0 Å². The molecule has 0 aromatic heterocycles. The van der Waals surface area contributed by atoms with Crippen molar-refractivity contribution < 1.29 is 20.1 Å². The Balaban J connectivity index is 0.000000360. The van der Waals surface area contributed by atoms with Gasteiger partial charge in [-0.15, -0.1) is 13.2 Å². The molecular weight excluding hydrogens is 460 g/mol. The van der Waals surface area contributed by atoms with Crippen LogP contribution in [-0.2, 0) is 0 Å². The van der Waals surface area contributed by atoms with Gasteiger partial charge in [-0.05, 0) is 46.2 Å². The molecule has 0 unspecified atom stereocenters. The van der Waals surface area contributed by atoms with Crippen LogP contribution in [0.4, 0.5) is 11.4 Å². The Bertz CT molecular complexity index is 948. The van der Waals surface area contributed by atoms with Crippen LogP contribution in [0.1, 0.15) is 64.9 Å². The fraction of sp³-hybridized carbons (Fsp3) is 0.429. The Morgan fingerprint density at radius 2 is 0.917 bits per heavy atom. The Labute approximate surface area is 213 Å². The van der Waals surface area contributed by atoms with Gasteiger partial charge in [0.05, 0.1) is 22.1 Å². The normalized spacial score (nSPS) is 14.9. The molecule has 0 aliphatic heterocycles. The molecule has 0 aliphatic carbocycles.